The van der Waals surface area contributed by atoms with Crippen molar-refractivity contribution in [1.82, 2.24) is 14.6 Å². The monoisotopic (exact) mass is 919 g/mol. The zero-order chi connectivity index (χ0) is 36.6. The van der Waals surface area contributed by atoms with E-state index in [2.05, 4.69) is 32.0 Å². The first-order valence-corrected chi connectivity index (χ1v) is 18.1. The number of carbonyl (C=O) groups excluding carboxylic acids is 2. The average Bonchev–Trinajstić information content (AvgIpc) is 3.78. The summed E-state index contributed by atoms with van der Waals surface area (Å²) in [6.07, 6.45) is 0.384. The molecule has 2 aromatic heterocycles. The highest BCUT2D eigenvalue weighted by molar-refractivity contribution is 14.1. The van der Waals surface area contributed by atoms with Gasteiger partial charge < -0.3 is 29.6 Å². The van der Waals surface area contributed by atoms with Gasteiger partial charge in [0.05, 0.1) is 28.3 Å². The van der Waals surface area contributed by atoms with E-state index in [1.807, 2.05) is 22.6 Å². The number of anilines is 4. The second kappa shape index (κ2) is 15.6. The number of nitrogens with one attached hydrogen (secondary N) is 3. The molecule has 1 atom stereocenters. The van der Waals surface area contributed by atoms with Gasteiger partial charge in [-0.05, 0) is 84.7 Å². The molecular formula is C33H27BrCl2F2IN5O7. The predicted octanol–water partition coefficient (Wildman–Crippen LogP) is 6.22. The largest absolute Gasteiger partial charge is 0.459 e. The summed E-state index contributed by atoms with van der Waals surface area (Å²) in [4.78, 5) is 58.1. The number of hydrogen-bond donors (Lipinski definition) is 4. The summed E-state index contributed by atoms with van der Waals surface area (Å²) in [5, 5.41) is 15.5. The number of aliphatic hydroxyl groups is 1. The van der Waals surface area contributed by atoms with Crippen LogP contribution in [0.25, 0.3) is 0 Å². The Hall–Kier alpha value is -3.55. The number of nitrogens with zero attached hydrogens (tertiary/aromatic N) is 2. The zero-order valence-corrected chi connectivity index (χ0v) is 31.5. The molecule has 0 saturated heterocycles. The normalized spacial score (nSPS) is 13.8. The van der Waals surface area contributed by atoms with Gasteiger partial charge in [-0.15, -0.1) is 0 Å². The maximum atomic E-state index is 14.7. The molecule has 51 heavy (non-hydrogen) atoms. The summed E-state index contributed by atoms with van der Waals surface area (Å²) in [5.41, 5.74) is 1.41. The molecule has 0 fully saturated rings. The van der Waals surface area contributed by atoms with Gasteiger partial charge >= 0.3 is 5.97 Å². The van der Waals surface area contributed by atoms with E-state index in [1.165, 1.54) is 33.4 Å². The van der Waals surface area contributed by atoms with E-state index in [0.29, 0.717) is 58.2 Å². The Morgan fingerprint density at radius 3 is 2.02 bits per heavy atom. The van der Waals surface area contributed by atoms with Crippen molar-refractivity contribution in [3.05, 3.63) is 109 Å². The minimum absolute atomic E-state index is 0.0200. The van der Waals surface area contributed by atoms with Crippen molar-refractivity contribution >= 4 is 96.3 Å². The van der Waals surface area contributed by atoms with Crippen LogP contribution in [0.1, 0.15) is 44.9 Å². The van der Waals surface area contributed by atoms with Gasteiger partial charge in [0.1, 0.15) is 46.6 Å². The smallest absolute Gasteiger partial charge is 0.342 e. The van der Waals surface area contributed by atoms with Gasteiger partial charge in [0.25, 0.3) is 17.0 Å². The molecule has 0 aliphatic carbocycles. The summed E-state index contributed by atoms with van der Waals surface area (Å²) in [5.74, 6) is -3.06. The highest BCUT2D eigenvalue weighted by Crippen LogP contribution is 2.35. The first kappa shape index (κ1) is 37.2. The van der Waals surface area contributed by atoms with Crippen molar-refractivity contribution in [2.45, 2.75) is 44.9 Å². The quantitative estimate of drug-likeness (QED) is 0.0781. The first-order chi connectivity index (χ1) is 24.3. The third kappa shape index (κ3) is 7.66. The third-order valence-electron chi connectivity index (χ3n) is 8.28. The maximum absolute atomic E-state index is 14.7. The molecule has 0 bridgehead atoms. The number of pyridine rings is 2. The molecule has 2 aliphatic rings. The van der Waals surface area contributed by atoms with Gasteiger partial charge in [-0.3, -0.25) is 19.2 Å². The highest BCUT2D eigenvalue weighted by Gasteiger charge is 2.31. The lowest BCUT2D eigenvalue weighted by atomic mass is 10.1. The number of carbonyl (C=O) groups is 2. The molecule has 2 aliphatic heterocycles. The van der Waals surface area contributed by atoms with E-state index in [1.54, 1.807) is 12.1 Å². The Kier molecular flexibility index (Phi) is 11.4. The van der Waals surface area contributed by atoms with Crippen LogP contribution in [-0.4, -0.2) is 45.4 Å². The van der Waals surface area contributed by atoms with Gasteiger partial charge in [-0.25, -0.2) is 19.1 Å². The summed E-state index contributed by atoms with van der Waals surface area (Å²) < 4.78 is 38.7. The minimum atomic E-state index is -1.45. The molecule has 1 unspecified atom stereocenters. The second-order valence-corrected chi connectivity index (χ2v) is 14.6. The van der Waals surface area contributed by atoms with Crippen LogP contribution >= 0.6 is 61.7 Å². The number of hydrogen-bond acceptors (Lipinski definition) is 9. The van der Waals surface area contributed by atoms with Gasteiger partial charge in [0, 0.05) is 32.5 Å². The Bertz CT molecular complexity index is 2200. The second-order valence-electron chi connectivity index (χ2n) is 11.6. The molecule has 0 radical (unpaired) electrons. The van der Waals surface area contributed by atoms with Crippen LogP contribution in [-0.2, 0) is 35.5 Å². The fraction of sp³-hybridized carbons (Fsp3) is 0.273. The average molecular weight is 921 g/mol. The lowest BCUT2D eigenvalue weighted by molar-refractivity contribution is -0.0367. The lowest BCUT2D eigenvalue weighted by Crippen LogP contribution is -2.34. The summed E-state index contributed by atoms with van der Waals surface area (Å²) in [7, 11) is 0. The number of ether oxygens (including phenoxy) is 1. The molecule has 4 N–H and O–H groups in total. The van der Waals surface area contributed by atoms with Gasteiger partial charge in [0.15, 0.2) is 0 Å². The molecule has 2 aromatic carbocycles. The van der Waals surface area contributed by atoms with Crippen LogP contribution in [0.3, 0.4) is 0 Å². The molecule has 268 valence electrons. The van der Waals surface area contributed by atoms with E-state index < -0.39 is 53.9 Å². The molecule has 6 rings (SSSR count). The van der Waals surface area contributed by atoms with Crippen LogP contribution in [0, 0.1) is 15.2 Å². The fourth-order valence-electron chi connectivity index (χ4n) is 5.97. The third-order valence-corrected chi connectivity index (χ3v) is 10.1. The number of benzene rings is 2. The lowest BCUT2D eigenvalue weighted by Gasteiger charge is -2.19. The van der Waals surface area contributed by atoms with Gasteiger partial charge in [0.2, 0.25) is 0 Å². The van der Waals surface area contributed by atoms with Crippen LogP contribution in [0.15, 0.2) is 50.5 Å². The molecule has 1 amide bonds. The first-order valence-electron chi connectivity index (χ1n) is 15.5. The molecule has 4 heterocycles. The number of rotatable bonds is 11. The SMILES string of the molecule is O=C(NOCC(O)COC(=O)c1c(Nc2ccc(I)cc2F)c(Cl)c(=O)n2c1CCC2)c1c(Nc2ccc(Br)cc2F)c(Cl)c(=O)n2c1CCC2. The van der Waals surface area contributed by atoms with Crippen molar-refractivity contribution in [2.24, 2.45) is 0 Å². The molecular weight excluding hydrogens is 894 g/mol. The number of fused-ring (bicyclic) bond motifs is 2. The van der Waals surface area contributed by atoms with Crippen LogP contribution in [0.2, 0.25) is 10.0 Å². The molecule has 0 saturated carbocycles. The standard InChI is InChI=1S/C33H27BrCl2F2IN5O7/c34-15-5-7-20(18(37)11-15)40-28-24(22-3-1-9-43(22)31(47)26(28)35)30(46)42-51-14-17(45)13-50-33(49)25-23-4-2-10-44(23)32(48)27(36)29(25)41-21-8-6-16(39)12-19(21)38/h5-8,11-12,17,40-41,45H,1-4,9-10,13-14H2,(H,42,46). The van der Waals surface area contributed by atoms with E-state index in [4.69, 9.17) is 32.8 Å². The Balaban J connectivity index is 1.15. The molecule has 4 aromatic rings. The van der Waals surface area contributed by atoms with E-state index >= 15 is 0 Å². The Morgan fingerprint density at radius 2 is 1.43 bits per heavy atom. The summed E-state index contributed by atoms with van der Waals surface area (Å²) in [6.45, 7) is -0.493. The minimum Gasteiger partial charge on any atom is -0.459 e. The van der Waals surface area contributed by atoms with Crippen molar-refractivity contribution in [3.8, 4) is 0 Å². The molecule has 0 spiro atoms. The van der Waals surface area contributed by atoms with Crippen molar-refractivity contribution < 1.29 is 33.1 Å². The topological polar surface area (TPSA) is 153 Å². The van der Waals surface area contributed by atoms with Crippen LogP contribution in [0.5, 0.6) is 0 Å². The number of esters is 1. The zero-order valence-electron chi connectivity index (χ0n) is 26.3. The van der Waals surface area contributed by atoms with E-state index in [0.717, 1.165) is 0 Å². The predicted molar refractivity (Wildman–Crippen MR) is 198 cm³/mol. The molecule has 12 nitrogen and oxygen atoms in total. The highest BCUT2D eigenvalue weighted by atomic mass is 127. The van der Waals surface area contributed by atoms with Crippen LogP contribution in [0.4, 0.5) is 31.5 Å². The van der Waals surface area contributed by atoms with E-state index in [9.17, 15) is 33.1 Å². The van der Waals surface area contributed by atoms with Crippen molar-refractivity contribution in [3.63, 3.8) is 0 Å². The van der Waals surface area contributed by atoms with Crippen molar-refractivity contribution in [1.29, 1.82) is 0 Å². The number of hydroxylamine groups is 1. The molecule has 18 heteroatoms. The fourth-order valence-corrected chi connectivity index (χ4v) is 7.25. The Labute approximate surface area is 320 Å². The number of amides is 1. The van der Waals surface area contributed by atoms with E-state index in [-0.39, 0.29) is 43.9 Å². The van der Waals surface area contributed by atoms with Gasteiger partial charge in [-0.2, -0.15) is 0 Å². The summed E-state index contributed by atoms with van der Waals surface area (Å²) in [6, 6.07) is 8.52. The van der Waals surface area contributed by atoms with Crippen molar-refractivity contribution in [2.75, 3.05) is 23.8 Å². The number of halogens is 6. The number of aliphatic hydroxyl groups excluding tert-OH is 1. The maximum Gasteiger partial charge on any atom is 0.342 e. The van der Waals surface area contributed by atoms with Gasteiger partial charge in [-0.1, -0.05) is 39.1 Å². The Morgan fingerprint density at radius 1 is 0.882 bits per heavy atom. The summed E-state index contributed by atoms with van der Waals surface area (Å²) >= 11 is 17.9. The van der Waals surface area contributed by atoms with Crippen LogP contribution < -0.4 is 27.2 Å². The number of aromatic nitrogens is 2.